The van der Waals surface area contributed by atoms with Crippen molar-refractivity contribution in [1.29, 1.82) is 0 Å². The molecule has 2 fully saturated rings. The van der Waals surface area contributed by atoms with E-state index in [0.717, 1.165) is 36.2 Å². The van der Waals surface area contributed by atoms with Gasteiger partial charge in [-0.1, -0.05) is 0 Å². The molecule has 2 aromatic heterocycles. The maximum Gasteiger partial charge on any atom is 0.157 e. The predicted octanol–water partition coefficient (Wildman–Crippen LogP) is 2.02. The van der Waals surface area contributed by atoms with E-state index in [0.29, 0.717) is 6.04 Å². The molecule has 0 radical (unpaired) electrons. The van der Waals surface area contributed by atoms with Crippen LogP contribution in [0.15, 0.2) is 12.1 Å². The van der Waals surface area contributed by atoms with Crippen molar-refractivity contribution < 1.29 is 0 Å². The van der Waals surface area contributed by atoms with E-state index in [4.69, 9.17) is 0 Å². The molecule has 112 valence electrons. The number of likely N-dealkylation sites (N-methyl/N-ethyl adjacent to an activating group) is 1. The van der Waals surface area contributed by atoms with E-state index in [1.54, 1.807) is 0 Å². The molecule has 0 unspecified atom stereocenters. The predicted molar refractivity (Wildman–Crippen MR) is 83.9 cm³/mol. The molecule has 5 nitrogen and oxygen atoms in total. The average molecular weight is 285 g/mol. The van der Waals surface area contributed by atoms with Gasteiger partial charge in [-0.05, 0) is 40.2 Å². The van der Waals surface area contributed by atoms with Crippen LogP contribution in [0.2, 0.25) is 0 Å². The number of hydrogen-bond donors (Lipinski definition) is 0. The monoisotopic (exact) mass is 285 g/mol. The molecule has 0 aliphatic carbocycles. The molecule has 0 saturated carbocycles. The number of rotatable bonds is 1. The lowest BCUT2D eigenvalue weighted by Crippen LogP contribution is -2.37. The van der Waals surface area contributed by atoms with Crippen molar-refractivity contribution in [2.24, 2.45) is 0 Å². The molecule has 2 aliphatic heterocycles. The highest BCUT2D eigenvalue weighted by atomic mass is 15.4. The summed E-state index contributed by atoms with van der Waals surface area (Å²) in [6.07, 6.45) is 3.93. The molecule has 21 heavy (non-hydrogen) atoms. The lowest BCUT2D eigenvalue weighted by molar-refractivity contribution is 0.254. The van der Waals surface area contributed by atoms with Crippen molar-refractivity contribution in [3.05, 3.63) is 23.5 Å². The number of nitrogens with zero attached hydrogens (tertiary/aromatic N) is 5. The van der Waals surface area contributed by atoms with Gasteiger partial charge in [0.2, 0.25) is 0 Å². The lowest BCUT2D eigenvalue weighted by atomic mass is 10.1. The zero-order valence-corrected chi connectivity index (χ0v) is 13.1. The average Bonchev–Trinajstić information content (AvgIpc) is 2.89. The number of hydrogen-bond acceptors (Lipinski definition) is 4. The summed E-state index contributed by atoms with van der Waals surface area (Å²) < 4.78 is 2.02. The zero-order chi connectivity index (χ0) is 14.6. The number of fused-ring (bicyclic) bond motifs is 3. The van der Waals surface area contributed by atoms with Crippen LogP contribution in [-0.4, -0.2) is 51.7 Å². The highest BCUT2D eigenvalue weighted by Gasteiger charge is 2.35. The smallest absolute Gasteiger partial charge is 0.157 e. The Morgan fingerprint density at radius 1 is 1.05 bits per heavy atom. The second-order valence-electron chi connectivity index (χ2n) is 6.60. The Kier molecular flexibility index (Phi) is 2.92. The Bertz CT molecular complexity index is 677. The third-order valence-corrected chi connectivity index (χ3v) is 5.13. The molecule has 4 rings (SSSR count). The van der Waals surface area contributed by atoms with Crippen molar-refractivity contribution in [1.82, 2.24) is 19.5 Å². The summed E-state index contributed by atoms with van der Waals surface area (Å²) in [4.78, 5) is 9.69. The van der Waals surface area contributed by atoms with Crippen LogP contribution in [0.25, 0.3) is 5.65 Å². The van der Waals surface area contributed by atoms with Crippen molar-refractivity contribution in [3.63, 3.8) is 0 Å². The third-order valence-electron chi connectivity index (χ3n) is 5.13. The second-order valence-corrected chi connectivity index (χ2v) is 6.60. The summed E-state index contributed by atoms with van der Waals surface area (Å²) in [6, 6.07) is 5.68. The van der Waals surface area contributed by atoms with E-state index in [1.807, 2.05) is 11.4 Å². The van der Waals surface area contributed by atoms with Crippen LogP contribution < -0.4 is 4.90 Å². The summed E-state index contributed by atoms with van der Waals surface area (Å²) in [5.41, 5.74) is 3.06. The van der Waals surface area contributed by atoms with E-state index >= 15 is 0 Å². The summed E-state index contributed by atoms with van der Waals surface area (Å²) in [5, 5.41) is 4.64. The molecule has 2 atom stereocenters. The molecule has 2 aromatic rings. The van der Waals surface area contributed by atoms with Crippen LogP contribution in [0.1, 0.15) is 30.7 Å². The Hall–Kier alpha value is -1.62. The Labute approximate surface area is 125 Å². The van der Waals surface area contributed by atoms with Crippen molar-refractivity contribution in [2.45, 2.75) is 45.2 Å². The van der Waals surface area contributed by atoms with Gasteiger partial charge in [0.15, 0.2) is 5.65 Å². The van der Waals surface area contributed by atoms with Gasteiger partial charge in [0.1, 0.15) is 5.82 Å². The van der Waals surface area contributed by atoms with Gasteiger partial charge in [-0.2, -0.15) is 9.61 Å². The Morgan fingerprint density at radius 2 is 1.86 bits per heavy atom. The molecule has 0 N–H and O–H groups in total. The SMILES string of the molecule is Cc1cc(N2CC[C@H]3CC[C@@H](C2)N3C)n2nc(C)cc2n1. The van der Waals surface area contributed by atoms with Crippen LogP contribution in [0.3, 0.4) is 0 Å². The Balaban J connectivity index is 1.76. The first-order valence-electron chi connectivity index (χ1n) is 7.93. The molecule has 0 aromatic carbocycles. The van der Waals surface area contributed by atoms with Gasteiger partial charge in [-0.3, -0.25) is 4.90 Å². The van der Waals surface area contributed by atoms with E-state index in [2.05, 4.69) is 46.0 Å². The van der Waals surface area contributed by atoms with Crippen molar-refractivity contribution in [3.8, 4) is 0 Å². The minimum atomic E-state index is 0.678. The lowest BCUT2D eigenvalue weighted by Gasteiger charge is -2.27. The standard InChI is InChI=1S/C16H23N5/c1-11-9-16(21-15(17-11)8-12(2)18-21)20-7-6-13-4-5-14(10-20)19(13)3/h8-9,13-14H,4-7,10H2,1-3H3/t13-,14+/m1/s1. The number of aryl methyl sites for hydroxylation is 2. The topological polar surface area (TPSA) is 36.7 Å². The first-order chi connectivity index (χ1) is 10.1. The van der Waals surface area contributed by atoms with Gasteiger partial charge in [-0.25, -0.2) is 4.98 Å². The van der Waals surface area contributed by atoms with Crippen LogP contribution in [-0.2, 0) is 0 Å². The van der Waals surface area contributed by atoms with Gasteiger partial charge in [0, 0.05) is 43.0 Å². The maximum absolute atomic E-state index is 4.64. The molecular formula is C16H23N5. The van der Waals surface area contributed by atoms with Gasteiger partial charge in [0.05, 0.1) is 5.69 Å². The highest BCUT2D eigenvalue weighted by molar-refractivity contribution is 5.52. The van der Waals surface area contributed by atoms with Gasteiger partial charge < -0.3 is 4.90 Å². The van der Waals surface area contributed by atoms with Gasteiger partial charge >= 0.3 is 0 Å². The molecule has 0 spiro atoms. The summed E-state index contributed by atoms with van der Waals surface area (Å²) >= 11 is 0. The minimum Gasteiger partial charge on any atom is -0.355 e. The third kappa shape index (κ3) is 2.11. The van der Waals surface area contributed by atoms with E-state index in [-0.39, 0.29) is 0 Å². The molecule has 0 amide bonds. The first-order valence-corrected chi connectivity index (χ1v) is 7.93. The zero-order valence-electron chi connectivity index (χ0n) is 13.1. The molecule has 2 saturated heterocycles. The first kappa shape index (κ1) is 13.1. The van der Waals surface area contributed by atoms with Crippen LogP contribution >= 0.6 is 0 Å². The summed E-state index contributed by atoms with van der Waals surface area (Å²) in [7, 11) is 2.29. The van der Waals surface area contributed by atoms with Crippen molar-refractivity contribution >= 4 is 11.5 Å². The Morgan fingerprint density at radius 3 is 2.71 bits per heavy atom. The van der Waals surface area contributed by atoms with Crippen molar-refractivity contribution in [2.75, 3.05) is 25.0 Å². The molecule has 2 bridgehead atoms. The fourth-order valence-corrected chi connectivity index (χ4v) is 3.94. The number of aromatic nitrogens is 3. The summed E-state index contributed by atoms with van der Waals surface area (Å²) in [5.74, 6) is 1.20. The quantitative estimate of drug-likeness (QED) is 0.803. The fraction of sp³-hybridized carbons (Fsp3) is 0.625. The summed E-state index contributed by atoms with van der Waals surface area (Å²) in [6.45, 7) is 6.32. The maximum atomic E-state index is 4.64. The highest BCUT2D eigenvalue weighted by Crippen LogP contribution is 2.31. The molecule has 4 heterocycles. The number of anilines is 1. The van der Waals surface area contributed by atoms with Crippen LogP contribution in [0.5, 0.6) is 0 Å². The van der Waals surface area contributed by atoms with Gasteiger partial charge in [0.25, 0.3) is 0 Å². The van der Waals surface area contributed by atoms with Gasteiger partial charge in [-0.15, -0.1) is 0 Å². The largest absolute Gasteiger partial charge is 0.355 e. The van der Waals surface area contributed by atoms with E-state index in [1.165, 1.54) is 25.1 Å². The van der Waals surface area contributed by atoms with Crippen LogP contribution in [0.4, 0.5) is 5.82 Å². The fourth-order valence-electron chi connectivity index (χ4n) is 3.94. The van der Waals surface area contributed by atoms with E-state index in [9.17, 15) is 0 Å². The van der Waals surface area contributed by atoms with Crippen LogP contribution in [0, 0.1) is 13.8 Å². The minimum absolute atomic E-state index is 0.678. The van der Waals surface area contributed by atoms with E-state index < -0.39 is 0 Å². The molecule has 2 aliphatic rings. The second kappa shape index (κ2) is 4.70. The molecular weight excluding hydrogens is 262 g/mol. The molecule has 5 heteroatoms. The normalized spacial score (nSPS) is 26.5.